The number of rotatable bonds is 4. The minimum absolute atomic E-state index is 0.567. The molecule has 0 amide bonds. The molecule has 0 aliphatic carbocycles. The van der Waals surface area contributed by atoms with Gasteiger partial charge < -0.3 is 15.1 Å². The first kappa shape index (κ1) is 13.1. The molecular weight excluding hydrogens is 276 g/mol. The number of pyridine rings is 1. The van der Waals surface area contributed by atoms with Gasteiger partial charge in [-0.2, -0.15) is 4.98 Å². The molecular formula is C17H18N4O. The highest BCUT2D eigenvalue weighted by Gasteiger charge is 2.10. The quantitative estimate of drug-likeness (QED) is 0.773. The van der Waals surface area contributed by atoms with Crippen molar-refractivity contribution in [2.75, 3.05) is 23.7 Å². The maximum absolute atomic E-state index is 5.64. The summed E-state index contributed by atoms with van der Waals surface area (Å²) in [6.45, 7) is 1.77. The Labute approximate surface area is 128 Å². The minimum Gasteiger partial charge on any atom is -0.424 e. The molecule has 0 fully saturated rings. The van der Waals surface area contributed by atoms with E-state index in [1.165, 1.54) is 12.0 Å². The molecule has 1 aromatic carbocycles. The zero-order valence-corrected chi connectivity index (χ0v) is 12.3. The highest BCUT2D eigenvalue weighted by Crippen LogP contribution is 2.20. The van der Waals surface area contributed by atoms with Crippen LogP contribution in [0.25, 0.3) is 11.1 Å². The van der Waals surface area contributed by atoms with Crippen molar-refractivity contribution in [1.29, 1.82) is 0 Å². The fourth-order valence-corrected chi connectivity index (χ4v) is 2.75. The van der Waals surface area contributed by atoms with E-state index in [1.807, 2.05) is 24.3 Å². The van der Waals surface area contributed by atoms with E-state index in [-0.39, 0.29) is 0 Å². The average Bonchev–Trinajstić information content (AvgIpc) is 2.97. The molecule has 4 rings (SSSR count). The third kappa shape index (κ3) is 2.62. The molecule has 112 valence electrons. The average molecular weight is 294 g/mol. The number of anilines is 2. The number of aromatic nitrogens is 2. The number of nitrogens with zero attached hydrogens (tertiary/aromatic N) is 2. The summed E-state index contributed by atoms with van der Waals surface area (Å²) >= 11 is 0. The molecule has 3 aromatic rings. The largest absolute Gasteiger partial charge is 0.424 e. The standard InChI is InChI=1S/C17H18N4O/c1-2-6-15-14(5-1)21-17(22-15)19-11-9-13-8-7-12-4-3-10-18-16(12)20-13/h1-2,5-8H,3-4,9-11H2,(H,18,20)(H,19,21). The molecule has 0 saturated heterocycles. The molecule has 1 aliphatic heterocycles. The van der Waals surface area contributed by atoms with E-state index in [4.69, 9.17) is 4.42 Å². The summed E-state index contributed by atoms with van der Waals surface area (Å²) in [5.41, 5.74) is 4.08. The van der Waals surface area contributed by atoms with Gasteiger partial charge in [-0.3, -0.25) is 0 Å². The van der Waals surface area contributed by atoms with Crippen molar-refractivity contribution >= 4 is 22.9 Å². The first-order valence-corrected chi connectivity index (χ1v) is 7.70. The highest BCUT2D eigenvalue weighted by atomic mass is 16.4. The lowest BCUT2D eigenvalue weighted by Gasteiger charge is -2.17. The smallest absolute Gasteiger partial charge is 0.295 e. The van der Waals surface area contributed by atoms with E-state index < -0.39 is 0 Å². The fraction of sp³-hybridized carbons (Fsp3) is 0.294. The van der Waals surface area contributed by atoms with Crippen LogP contribution in [0.1, 0.15) is 17.7 Å². The molecule has 5 heteroatoms. The second-order valence-electron chi connectivity index (χ2n) is 5.50. The van der Waals surface area contributed by atoms with Crippen LogP contribution in [0, 0.1) is 0 Å². The number of benzene rings is 1. The zero-order chi connectivity index (χ0) is 14.8. The van der Waals surface area contributed by atoms with Crippen LogP contribution < -0.4 is 10.6 Å². The van der Waals surface area contributed by atoms with Gasteiger partial charge in [-0.25, -0.2) is 4.98 Å². The van der Waals surface area contributed by atoms with E-state index in [0.29, 0.717) is 6.01 Å². The summed E-state index contributed by atoms with van der Waals surface area (Å²) < 4.78 is 5.64. The van der Waals surface area contributed by atoms with Gasteiger partial charge in [-0.15, -0.1) is 0 Å². The van der Waals surface area contributed by atoms with Crippen LogP contribution in [0.15, 0.2) is 40.8 Å². The highest BCUT2D eigenvalue weighted by molar-refractivity contribution is 5.74. The van der Waals surface area contributed by atoms with E-state index in [0.717, 1.165) is 48.5 Å². The summed E-state index contributed by atoms with van der Waals surface area (Å²) in [5.74, 6) is 1.05. The van der Waals surface area contributed by atoms with Gasteiger partial charge in [-0.05, 0) is 36.6 Å². The second-order valence-corrected chi connectivity index (χ2v) is 5.50. The van der Waals surface area contributed by atoms with E-state index in [2.05, 4.69) is 32.7 Å². The van der Waals surface area contributed by atoms with Crippen LogP contribution in [0.2, 0.25) is 0 Å². The molecule has 0 unspecified atom stereocenters. The lowest BCUT2D eigenvalue weighted by atomic mass is 10.1. The van der Waals surface area contributed by atoms with E-state index >= 15 is 0 Å². The van der Waals surface area contributed by atoms with Gasteiger partial charge in [0.1, 0.15) is 11.3 Å². The van der Waals surface area contributed by atoms with Gasteiger partial charge in [0.2, 0.25) is 0 Å². The van der Waals surface area contributed by atoms with Crippen molar-refractivity contribution in [2.45, 2.75) is 19.3 Å². The van der Waals surface area contributed by atoms with Gasteiger partial charge in [0.25, 0.3) is 6.01 Å². The molecule has 2 N–H and O–H groups in total. The third-order valence-electron chi connectivity index (χ3n) is 3.90. The Morgan fingerprint density at radius 1 is 1.14 bits per heavy atom. The lowest BCUT2D eigenvalue weighted by molar-refractivity contribution is 0.614. The number of oxazole rings is 1. The molecule has 0 bridgehead atoms. The molecule has 5 nitrogen and oxygen atoms in total. The Hall–Kier alpha value is -2.56. The molecule has 3 heterocycles. The van der Waals surface area contributed by atoms with Crippen LogP contribution >= 0.6 is 0 Å². The molecule has 22 heavy (non-hydrogen) atoms. The number of aryl methyl sites for hydroxylation is 1. The normalized spacial score (nSPS) is 13.6. The Morgan fingerprint density at radius 2 is 2.09 bits per heavy atom. The van der Waals surface area contributed by atoms with E-state index in [9.17, 15) is 0 Å². The Kier molecular flexibility index (Phi) is 3.39. The monoisotopic (exact) mass is 294 g/mol. The van der Waals surface area contributed by atoms with Crippen LogP contribution in [0.5, 0.6) is 0 Å². The zero-order valence-electron chi connectivity index (χ0n) is 12.3. The fourth-order valence-electron chi connectivity index (χ4n) is 2.75. The summed E-state index contributed by atoms with van der Waals surface area (Å²) in [5, 5.41) is 6.59. The summed E-state index contributed by atoms with van der Waals surface area (Å²) in [4.78, 5) is 9.09. The maximum atomic E-state index is 5.64. The van der Waals surface area contributed by atoms with Crippen molar-refractivity contribution in [3.63, 3.8) is 0 Å². The Balaban J connectivity index is 1.40. The molecule has 0 spiro atoms. The number of fused-ring (bicyclic) bond motifs is 2. The van der Waals surface area contributed by atoms with Crippen molar-refractivity contribution in [2.24, 2.45) is 0 Å². The van der Waals surface area contributed by atoms with Crippen LogP contribution in [0.4, 0.5) is 11.8 Å². The van der Waals surface area contributed by atoms with Crippen LogP contribution in [-0.2, 0) is 12.8 Å². The summed E-state index contributed by atoms with van der Waals surface area (Å²) in [6.07, 6.45) is 3.15. The SMILES string of the molecule is c1ccc2oc(NCCc3ccc4c(n3)NCCC4)nc2c1. The predicted octanol–water partition coefficient (Wildman–Crippen LogP) is 3.24. The van der Waals surface area contributed by atoms with Crippen LogP contribution in [0.3, 0.4) is 0 Å². The Bertz CT molecular complexity index is 763. The number of nitrogens with one attached hydrogen (secondary N) is 2. The first-order valence-electron chi connectivity index (χ1n) is 7.70. The van der Waals surface area contributed by atoms with Gasteiger partial charge in [0.15, 0.2) is 5.58 Å². The van der Waals surface area contributed by atoms with Crippen molar-refractivity contribution in [3.05, 3.63) is 47.7 Å². The summed E-state index contributed by atoms with van der Waals surface area (Å²) in [7, 11) is 0. The topological polar surface area (TPSA) is 63.0 Å². The minimum atomic E-state index is 0.567. The molecule has 0 radical (unpaired) electrons. The second kappa shape index (κ2) is 5.67. The molecule has 1 aliphatic rings. The van der Waals surface area contributed by atoms with Gasteiger partial charge in [0, 0.05) is 25.2 Å². The van der Waals surface area contributed by atoms with Gasteiger partial charge >= 0.3 is 0 Å². The maximum Gasteiger partial charge on any atom is 0.295 e. The molecule has 0 saturated carbocycles. The predicted molar refractivity (Wildman–Crippen MR) is 87.3 cm³/mol. The van der Waals surface area contributed by atoms with Crippen molar-refractivity contribution in [3.8, 4) is 0 Å². The number of hydrogen-bond donors (Lipinski definition) is 2. The van der Waals surface area contributed by atoms with Crippen molar-refractivity contribution in [1.82, 2.24) is 9.97 Å². The molecule has 2 aromatic heterocycles. The summed E-state index contributed by atoms with van der Waals surface area (Å²) in [6, 6.07) is 12.6. The van der Waals surface area contributed by atoms with Gasteiger partial charge in [-0.1, -0.05) is 18.2 Å². The molecule has 0 atom stereocenters. The number of hydrogen-bond acceptors (Lipinski definition) is 5. The Morgan fingerprint density at radius 3 is 3.05 bits per heavy atom. The third-order valence-corrected chi connectivity index (χ3v) is 3.90. The number of para-hydroxylation sites is 2. The van der Waals surface area contributed by atoms with Gasteiger partial charge in [0.05, 0.1) is 0 Å². The van der Waals surface area contributed by atoms with Crippen molar-refractivity contribution < 1.29 is 4.42 Å². The lowest BCUT2D eigenvalue weighted by Crippen LogP contribution is -2.15. The first-order chi connectivity index (χ1) is 10.9. The van der Waals surface area contributed by atoms with E-state index in [1.54, 1.807) is 0 Å². The van der Waals surface area contributed by atoms with Crippen LogP contribution in [-0.4, -0.2) is 23.1 Å².